The molecule has 4 N–H and O–H groups in total. The fourth-order valence-electron chi connectivity index (χ4n) is 5.97. The van der Waals surface area contributed by atoms with Gasteiger partial charge in [-0.15, -0.1) is 13.2 Å². The minimum atomic E-state index is -4.75. The second-order valence-corrected chi connectivity index (χ2v) is 10.1. The van der Waals surface area contributed by atoms with E-state index in [1.54, 1.807) is 4.90 Å². The molecule has 0 radical (unpaired) electrons. The number of rotatable bonds is 8. The molecule has 3 heterocycles. The summed E-state index contributed by atoms with van der Waals surface area (Å²) >= 11 is 0. The van der Waals surface area contributed by atoms with Crippen molar-refractivity contribution < 1.29 is 22.7 Å². The molecule has 2 fully saturated rings. The van der Waals surface area contributed by atoms with Gasteiger partial charge in [-0.05, 0) is 87.7 Å². The van der Waals surface area contributed by atoms with Gasteiger partial charge in [-0.3, -0.25) is 9.79 Å². The van der Waals surface area contributed by atoms with E-state index in [0.29, 0.717) is 49.1 Å². The first-order valence-electron chi connectivity index (χ1n) is 13.2. The molecule has 3 aliphatic rings. The SMILES string of the molecule is CCC1NC([C@H]2CCCCN2)=NC1C(CCN)C1CCN(C(=O)c2ccc(OC(F)(F)F)cc2)CC1. The van der Waals surface area contributed by atoms with Gasteiger partial charge in [-0.25, -0.2) is 0 Å². The van der Waals surface area contributed by atoms with Crippen LogP contribution in [0.5, 0.6) is 5.75 Å². The maximum absolute atomic E-state index is 13.0. The number of amidine groups is 1. The molecular weight excluding hydrogens is 471 g/mol. The van der Waals surface area contributed by atoms with E-state index in [1.807, 2.05) is 0 Å². The van der Waals surface area contributed by atoms with Crippen molar-refractivity contribution in [2.75, 3.05) is 26.2 Å². The molecule has 1 aromatic rings. The van der Waals surface area contributed by atoms with Crippen molar-refractivity contribution in [3.8, 4) is 5.75 Å². The predicted octanol–water partition coefficient (Wildman–Crippen LogP) is 3.69. The second-order valence-electron chi connectivity index (χ2n) is 10.1. The van der Waals surface area contributed by atoms with E-state index >= 15 is 0 Å². The fraction of sp³-hybridized carbons (Fsp3) is 0.692. The average molecular weight is 510 g/mol. The standard InChI is InChI=1S/C26H38F3N5O2/c1-2-21-23(33-24(32-21)22-5-3-4-14-31-22)20(10-13-30)17-11-15-34(16-12-17)25(35)18-6-8-19(9-7-18)36-26(27,28)29/h6-9,17,20-23,31H,2-5,10-16,30H2,1H3,(H,32,33)/t20?,21?,22-,23?/m1/s1. The summed E-state index contributed by atoms with van der Waals surface area (Å²) in [6.45, 7) is 5.06. The van der Waals surface area contributed by atoms with Crippen LogP contribution in [0.25, 0.3) is 0 Å². The van der Waals surface area contributed by atoms with Crippen molar-refractivity contribution in [1.82, 2.24) is 15.5 Å². The van der Waals surface area contributed by atoms with Gasteiger partial charge in [0.15, 0.2) is 0 Å². The van der Waals surface area contributed by atoms with Crippen LogP contribution in [0.4, 0.5) is 13.2 Å². The van der Waals surface area contributed by atoms with Gasteiger partial charge in [-0.2, -0.15) is 0 Å². The Balaban J connectivity index is 1.38. The summed E-state index contributed by atoms with van der Waals surface area (Å²) in [5, 5.41) is 7.31. The quantitative estimate of drug-likeness (QED) is 0.497. The number of halogens is 3. The van der Waals surface area contributed by atoms with Gasteiger partial charge in [0.2, 0.25) is 0 Å². The predicted molar refractivity (Wildman–Crippen MR) is 133 cm³/mol. The molecule has 4 rings (SSSR count). The highest BCUT2D eigenvalue weighted by molar-refractivity contribution is 5.94. The van der Waals surface area contributed by atoms with Gasteiger partial charge in [0.1, 0.15) is 11.6 Å². The molecule has 36 heavy (non-hydrogen) atoms. The molecule has 0 bridgehead atoms. The lowest BCUT2D eigenvalue weighted by Crippen LogP contribution is -2.48. The first kappa shape index (κ1) is 26.7. The van der Waals surface area contributed by atoms with E-state index in [1.165, 1.54) is 37.1 Å². The number of alkyl halides is 3. The van der Waals surface area contributed by atoms with E-state index in [-0.39, 0.29) is 17.7 Å². The monoisotopic (exact) mass is 509 g/mol. The number of piperidine rings is 2. The Morgan fingerprint density at radius 3 is 2.50 bits per heavy atom. The number of hydrogen-bond acceptors (Lipinski definition) is 6. The molecule has 10 heteroatoms. The summed E-state index contributed by atoms with van der Waals surface area (Å²) in [5.41, 5.74) is 6.41. The summed E-state index contributed by atoms with van der Waals surface area (Å²) in [6, 6.07) is 5.93. The summed E-state index contributed by atoms with van der Waals surface area (Å²) < 4.78 is 41.1. The van der Waals surface area contributed by atoms with E-state index < -0.39 is 6.36 Å². The van der Waals surface area contributed by atoms with E-state index in [0.717, 1.165) is 44.5 Å². The van der Waals surface area contributed by atoms with Crippen molar-refractivity contribution in [2.24, 2.45) is 22.6 Å². The number of hydrogen-bond donors (Lipinski definition) is 3. The van der Waals surface area contributed by atoms with Crippen LogP contribution in [-0.2, 0) is 0 Å². The number of carbonyl (C=O) groups excluding carboxylic acids is 1. The zero-order chi connectivity index (χ0) is 25.7. The van der Waals surface area contributed by atoms with Crippen LogP contribution in [0.1, 0.15) is 62.2 Å². The molecule has 1 amide bonds. The number of aliphatic imine (C=N–C) groups is 1. The van der Waals surface area contributed by atoms with Crippen LogP contribution in [-0.4, -0.2) is 67.3 Å². The van der Waals surface area contributed by atoms with Crippen molar-refractivity contribution in [1.29, 1.82) is 0 Å². The molecule has 0 aliphatic carbocycles. The number of benzene rings is 1. The number of ether oxygens (including phenoxy) is 1. The topological polar surface area (TPSA) is 92.0 Å². The number of nitrogens with zero attached hydrogens (tertiary/aromatic N) is 2. The lowest BCUT2D eigenvalue weighted by molar-refractivity contribution is -0.274. The lowest BCUT2D eigenvalue weighted by atomic mass is 9.76. The third-order valence-corrected chi connectivity index (χ3v) is 7.82. The highest BCUT2D eigenvalue weighted by Gasteiger charge is 2.40. The number of likely N-dealkylation sites (tertiary alicyclic amines) is 1. The van der Waals surface area contributed by atoms with Gasteiger partial charge in [-0.1, -0.05) is 13.3 Å². The average Bonchev–Trinajstić information content (AvgIpc) is 3.31. The van der Waals surface area contributed by atoms with Crippen LogP contribution in [0.15, 0.2) is 29.3 Å². The molecule has 4 atom stereocenters. The van der Waals surface area contributed by atoms with Crippen LogP contribution in [0.2, 0.25) is 0 Å². The summed E-state index contributed by atoms with van der Waals surface area (Å²) in [4.78, 5) is 20.0. The Morgan fingerprint density at radius 1 is 1.19 bits per heavy atom. The van der Waals surface area contributed by atoms with E-state index in [2.05, 4.69) is 22.3 Å². The number of amides is 1. The largest absolute Gasteiger partial charge is 0.573 e. The minimum Gasteiger partial charge on any atom is -0.406 e. The highest BCUT2D eigenvalue weighted by Crippen LogP contribution is 2.35. The molecule has 3 unspecified atom stereocenters. The second kappa shape index (κ2) is 11.8. The summed E-state index contributed by atoms with van der Waals surface area (Å²) in [5.74, 6) is 1.37. The normalized spacial score (nSPS) is 26.3. The van der Waals surface area contributed by atoms with Gasteiger partial charge in [0, 0.05) is 24.7 Å². The lowest BCUT2D eigenvalue weighted by Gasteiger charge is -2.39. The molecule has 0 spiro atoms. The maximum atomic E-state index is 13.0. The van der Waals surface area contributed by atoms with Crippen LogP contribution >= 0.6 is 0 Å². The third-order valence-electron chi connectivity index (χ3n) is 7.82. The third kappa shape index (κ3) is 6.51. The molecule has 0 saturated carbocycles. The number of nitrogens with two attached hydrogens (primary N) is 1. The highest BCUT2D eigenvalue weighted by atomic mass is 19.4. The Labute approximate surface area is 211 Å². The molecule has 7 nitrogen and oxygen atoms in total. The zero-order valence-corrected chi connectivity index (χ0v) is 20.9. The zero-order valence-electron chi connectivity index (χ0n) is 20.9. The Morgan fingerprint density at radius 2 is 1.92 bits per heavy atom. The molecule has 0 aromatic heterocycles. The molecular formula is C26H38F3N5O2. The van der Waals surface area contributed by atoms with Crippen molar-refractivity contribution in [2.45, 2.75) is 76.4 Å². The maximum Gasteiger partial charge on any atom is 0.573 e. The van der Waals surface area contributed by atoms with Crippen LogP contribution in [0.3, 0.4) is 0 Å². The molecule has 3 aliphatic heterocycles. The van der Waals surface area contributed by atoms with Crippen molar-refractivity contribution in [3.05, 3.63) is 29.8 Å². The van der Waals surface area contributed by atoms with Crippen LogP contribution in [0, 0.1) is 11.8 Å². The van der Waals surface area contributed by atoms with E-state index in [9.17, 15) is 18.0 Å². The Kier molecular flexibility index (Phi) is 8.77. The number of nitrogens with one attached hydrogen (secondary N) is 2. The van der Waals surface area contributed by atoms with Gasteiger partial charge >= 0.3 is 6.36 Å². The van der Waals surface area contributed by atoms with Gasteiger partial charge in [0.25, 0.3) is 5.91 Å². The summed E-state index contributed by atoms with van der Waals surface area (Å²) in [7, 11) is 0. The Bertz CT molecular complexity index is 894. The summed E-state index contributed by atoms with van der Waals surface area (Å²) in [6.07, 6.45) is 2.42. The van der Waals surface area contributed by atoms with Crippen molar-refractivity contribution in [3.63, 3.8) is 0 Å². The fourth-order valence-corrected chi connectivity index (χ4v) is 5.97. The molecule has 1 aromatic carbocycles. The smallest absolute Gasteiger partial charge is 0.406 e. The van der Waals surface area contributed by atoms with Crippen molar-refractivity contribution >= 4 is 11.7 Å². The Hall–Kier alpha value is -2.33. The first-order valence-corrected chi connectivity index (χ1v) is 13.2. The van der Waals surface area contributed by atoms with E-state index in [4.69, 9.17) is 10.7 Å². The molecule has 200 valence electrons. The number of carbonyl (C=O) groups is 1. The van der Waals surface area contributed by atoms with Crippen LogP contribution < -0.4 is 21.1 Å². The van der Waals surface area contributed by atoms with Gasteiger partial charge < -0.3 is 26.0 Å². The first-order chi connectivity index (χ1) is 17.3. The minimum absolute atomic E-state index is 0.167. The molecule has 2 saturated heterocycles. The van der Waals surface area contributed by atoms with Gasteiger partial charge in [0.05, 0.1) is 12.1 Å².